The Morgan fingerprint density at radius 3 is 2.47 bits per heavy atom. The summed E-state index contributed by atoms with van der Waals surface area (Å²) in [6.45, 7) is 0. The Labute approximate surface area is 95.5 Å². The van der Waals surface area contributed by atoms with Gasteiger partial charge in [0.25, 0.3) is 0 Å². The third-order valence-electron chi connectivity index (χ3n) is 4.25. The van der Waals surface area contributed by atoms with Gasteiger partial charge in [0.05, 0.1) is 10.2 Å². The van der Waals surface area contributed by atoms with E-state index in [0.717, 1.165) is 34.4 Å². The lowest BCUT2D eigenvalue weighted by molar-refractivity contribution is -0.148. The molecule has 0 spiro atoms. The molecule has 3 unspecified atom stereocenters. The molecule has 2 nitrogen and oxygen atoms in total. The average molecular weight is 226 g/mol. The second-order valence-corrected chi connectivity index (χ2v) is 6.64. The average Bonchev–Trinajstić information content (AvgIpc) is 2.87. The minimum Gasteiger partial charge on any atom is -0.358 e. The van der Waals surface area contributed by atoms with Crippen molar-refractivity contribution in [1.82, 2.24) is 0 Å². The first kappa shape index (κ1) is 11.4. The van der Waals surface area contributed by atoms with Crippen LogP contribution in [0.1, 0.15) is 25.7 Å². The smallest absolute Gasteiger partial charge is 0.140 e. The van der Waals surface area contributed by atoms with Gasteiger partial charge in [-0.2, -0.15) is 0 Å². The Balaban J connectivity index is 1.81. The van der Waals surface area contributed by atoms with E-state index in [1.165, 1.54) is 19.3 Å². The maximum Gasteiger partial charge on any atom is 0.140 e. The second-order valence-electron chi connectivity index (χ2n) is 5.12. The highest BCUT2D eigenvalue weighted by Gasteiger charge is 2.36. The third-order valence-corrected chi connectivity index (χ3v) is 5.57. The van der Waals surface area contributed by atoms with E-state index in [1.807, 2.05) is 0 Å². The quantitative estimate of drug-likeness (QED) is 0.399. The van der Waals surface area contributed by atoms with Gasteiger partial charge in [-0.15, -0.1) is 0 Å². The molecule has 1 saturated carbocycles. The zero-order valence-corrected chi connectivity index (χ0v) is 12.0. The van der Waals surface area contributed by atoms with Gasteiger partial charge < -0.3 is 9.47 Å². The Morgan fingerprint density at radius 2 is 2.00 bits per heavy atom. The zero-order chi connectivity index (χ0) is 10.9. The highest BCUT2D eigenvalue weighted by Crippen LogP contribution is 2.45. The van der Waals surface area contributed by atoms with Gasteiger partial charge in [0.15, 0.2) is 0 Å². The molecule has 0 saturated heterocycles. The summed E-state index contributed by atoms with van der Waals surface area (Å²) in [5, 5.41) is 0. The van der Waals surface area contributed by atoms with Crippen molar-refractivity contribution in [2.24, 2.45) is 17.8 Å². The molecule has 3 atom stereocenters. The lowest BCUT2D eigenvalue weighted by atomic mass is 9.89. The Kier molecular flexibility index (Phi) is 3.33. The number of hydrogen-bond donors (Lipinski definition) is 0. The molecule has 2 bridgehead atoms. The Hall–Kier alpha value is -0.123. The monoisotopic (exact) mass is 226 g/mol. The Morgan fingerprint density at radius 1 is 1.27 bits per heavy atom. The molecule has 0 aromatic rings. The second kappa shape index (κ2) is 4.40. The van der Waals surface area contributed by atoms with Crippen molar-refractivity contribution >= 4 is 10.2 Å². The number of fused-ring (bicyclic) bond motifs is 2. The lowest BCUT2D eigenvalue weighted by Crippen LogP contribution is -2.34. The predicted octanol–water partition coefficient (Wildman–Crippen LogP) is 1.29. The molecular formula is C12H22O2Si. The molecule has 0 radical (unpaired) electrons. The molecule has 0 amide bonds. The number of rotatable bonds is 5. The first-order valence-electron chi connectivity index (χ1n) is 5.95. The van der Waals surface area contributed by atoms with Crippen molar-refractivity contribution in [2.75, 3.05) is 14.2 Å². The molecule has 0 N–H and O–H groups in total. The fraction of sp³-hybridized carbons (Fsp3) is 0.833. The molecule has 2 rings (SSSR count). The van der Waals surface area contributed by atoms with E-state index < -0.39 is 0 Å². The fourth-order valence-electron chi connectivity index (χ4n) is 2.96. The molecule has 0 aromatic heterocycles. The van der Waals surface area contributed by atoms with Gasteiger partial charge in [-0.25, -0.2) is 0 Å². The largest absolute Gasteiger partial charge is 0.358 e. The van der Waals surface area contributed by atoms with E-state index in [0.29, 0.717) is 0 Å². The molecule has 1 fully saturated rings. The molecular weight excluding hydrogens is 204 g/mol. The van der Waals surface area contributed by atoms with Crippen LogP contribution >= 0.6 is 0 Å². The van der Waals surface area contributed by atoms with Crippen LogP contribution in [-0.4, -0.2) is 29.9 Å². The van der Waals surface area contributed by atoms with Crippen molar-refractivity contribution in [3.8, 4) is 0 Å². The minimum absolute atomic E-state index is 0.244. The van der Waals surface area contributed by atoms with Gasteiger partial charge in [0, 0.05) is 14.2 Å². The van der Waals surface area contributed by atoms with Crippen molar-refractivity contribution < 1.29 is 9.47 Å². The van der Waals surface area contributed by atoms with Crippen molar-refractivity contribution in [3.63, 3.8) is 0 Å². The van der Waals surface area contributed by atoms with Gasteiger partial charge in [-0.3, -0.25) is 0 Å². The third kappa shape index (κ3) is 2.35. The summed E-state index contributed by atoms with van der Waals surface area (Å²) in [7, 11) is 4.47. The van der Waals surface area contributed by atoms with Crippen molar-refractivity contribution in [2.45, 2.75) is 31.1 Å². The summed E-state index contributed by atoms with van der Waals surface area (Å²) >= 11 is 0. The number of ether oxygens (including phenoxy) is 2. The van der Waals surface area contributed by atoms with Gasteiger partial charge in [-0.1, -0.05) is 12.2 Å². The fourth-order valence-corrected chi connectivity index (χ4v) is 3.25. The highest BCUT2D eigenvalue weighted by atomic mass is 28.1. The first-order valence-corrected chi connectivity index (χ1v) is 6.95. The van der Waals surface area contributed by atoms with Crippen LogP contribution in [-0.2, 0) is 9.47 Å². The van der Waals surface area contributed by atoms with E-state index >= 15 is 0 Å². The van der Waals surface area contributed by atoms with E-state index in [1.54, 1.807) is 14.2 Å². The molecule has 0 aromatic carbocycles. The first-order chi connectivity index (χ1) is 7.17. The van der Waals surface area contributed by atoms with Crippen LogP contribution < -0.4 is 0 Å². The summed E-state index contributed by atoms with van der Waals surface area (Å²) in [4.78, 5) is 0. The number of hydrogen-bond acceptors (Lipinski definition) is 2. The van der Waals surface area contributed by atoms with Gasteiger partial charge in [0.2, 0.25) is 0 Å². The summed E-state index contributed by atoms with van der Waals surface area (Å²) in [6.07, 6.45) is 9.95. The van der Waals surface area contributed by atoms with Crippen molar-refractivity contribution in [1.29, 1.82) is 0 Å². The Bertz CT molecular complexity index is 248. The summed E-state index contributed by atoms with van der Waals surface area (Å²) < 4.78 is 10.9. The highest BCUT2D eigenvalue weighted by molar-refractivity contribution is 6.13. The summed E-state index contributed by atoms with van der Waals surface area (Å²) in [5.74, 6) is 2.63. The normalized spacial score (nSPS) is 34.1. The van der Waals surface area contributed by atoms with Gasteiger partial charge >= 0.3 is 0 Å². The minimum atomic E-state index is -0.244. The maximum absolute atomic E-state index is 5.45. The zero-order valence-electron chi connectivity index (χ0n) is 10.0. The van der Waals surface area contributed by atoms with Gasteiger partial charge in [-0.05, 0) is 43.4 Å². The number of methoxy groups -OCH3 is 2. The maximum atomic E-state index is 5.45. The van der Waals surface area contributed by atoms with E-state index in [-0.39, 0.29) is 5.41 Å². The van der Waals surface area contributed by atoms with Crippen LogP contribution in [0.15, 0.2) is 12.2 Å². The molecule has 2 aliphatic rings. The van der Waals surface area contributed by atoms with Crippen LogP contribution in [0.2, 0.25) is 0 Å². The van der Waals surface area contributed by atoms with Crippen LogP contribution in [0.25, 0.3) is 0 Å². The molecule has 3 heteroatoms. The molecule has 2 aliphatic carbocycles. The van der Waals surface area contributed by atoms with Crippen molar-refractivity contribution in [3.05, 3.63) is 12.2 Å². The number of allylic oxidation sites excluding steroid dienone is 2. The predicted molar refractivity (Wildman–Crippen MR) is 64.8 cm³/mol. The molecule has 15 heavy (non-hydrogen) atoms. The SMILES string of the molecule is COC([SiH3])(CCC1CC2C=CC1C2)OC. The molecule has 0 aliphatic heterocycles. The van der Waals surface area contributed by atoms with E-state index in [4.69, 9.17) is 9.47 Å². The lowest BCUT2D eigenvalue weighted by Gasteiger charge is -2.29. The van der Waals surface area contributed by atoms with Crippen LogP contribution in [0, 0.1) is 17.8 Å². The van der Waals surface area contributed by atoms with E-state index in [2.05, 4.69) is 12.2 Å². The van der Waals surface area contributed by atoms with E-state index in [9.17, 15) is 0 Å². The standard InChI is InChI=1S/C12H22O2Si/c1-13-12(15,14-2)6-5-11-8-9-3-4-10(11)7-9/h3-4,9-11H,5-8H2,1-2,15H3. The van der Waals surface area contributed by atoms with Crippen LogP contribution in [0.4, 0.5) is 0 Å². The summed E-state index contributed by atoms with van der Waals surface area (Å²) in [6, 6.07) is 0. The van der Waals surface area contributed by atoms with Gasteiger partial charge in [0.1, 0.15) is 5.41 Å². The topological polar surface area (TPSA) is 18.5 Å². The van der Waals surface area contributed by atoms with Crippen LogP contribution in [0.3, 0.4) is 0 Å². The molecule has 86 valence electrons. The molecule has 0 heterocycles. The summed E-state index contributed by atoms with van der Waals surface area (Å²) in [5.41, 5.74) is -0.244. The van der Waals surface area contributed by atoms with Crippen LogP contribution in [0.5, 0.6) is 0 Å².